The van der Waals surface area contributed by atoms with Gasteiger partial charge in [-0.1, -0.05) is 13.8 Å². The SMILES string of the molecule is CCC1(C)C2OCC1(CO)O2. The van der Waals surface area contributed by atoms with Crippen LogP contribution in [0.4, 0.5) is 0 Å². The smallest absolute Gasteiger partial charge is 0.166 e. The van der Waals surface area contributed by atoms with E-state index in [-0.39, 0.29) is 23.9 Å². The molecule has 0 aromatic heterocycles. The van der Waals surface area contributed by atoms with E-state index in [0.717, 1.165) is 6.42 Å². The topological polar surface area (TPSA) is 38.7 Å². The Labute approximate surface area is 66.3 Å². The van der Waals surface area contributed by atoms with Crippen LogP contribution in [0.15, 0.2) is 0 Å². The second kappa shape index (κ2) is 1.97. The first-order valence-electron chi connectivity index (χ1n) is 4.09. The third-order valence-electron chi connectivity index (χ3n) is 3.35. The van der Waals surface area contributed by atoms with Gasteiger partial charge in [0.2, 0.25) is 0 Å². The summed E-state index contributed by atoms with van der Waals surface area (Å²) < 4.78 is 10.8. The highest BCUT2D eigenvalue weighted by atomic mass is 16.8. The predicted octanol–water partition coefficient (Wildman–Crippen LogP) is 0.520. The highest BCUT2D eigenvalue weighted by Gasteiger charge is 2.69. The molecule has 2 bridgehead atoms. The summed E-state index contributed by atoms with van der Waals surface area (Å²) in [5.74, 6) is 0. The number of hydrogen-bond donors (Lipinski definition) is 1. The lowest BCUT2D eigenvalue weighted by Gasteiger charge is -2.52. The van der Waals surface area contributed by atoms with Crippen LogP contribution in [0.1, 0.15) is 20.3 Å². The fourth-order valence-corrected chi connectivity index (χ4v) is 2.01. The van der Waals surface area contributed by atoms with Gasteiger partial charge in [0.15, 0.2) is 6.29 Å². The quantitative estimate of drug-likeness (QED) is 0.636. The zero-order chi connectivity index (χ0) is 8.11. The van der Waals surface area contributed by atoms with E-state index in [1.54, 1.807) is 0 Å². The van der Waals surface area contributed by atoms with E-state index in [0.29, 0.717) is 6.61 Å². The molecule has 0 aromatic rings. The van der Waals surface area contributed by atoms with Crippen molar-refractivity contribution in [3.63, 3.8) is 0 Å². The summed E-state index contributed by atoms with van der Waals surface area (Å²) in [6.45, 7) is 4.85. The van der Waals surface area contributed by atoms with Gasteiger partial charge in [-0.15, -0.1) is 0 Å². The Morgan fingerprint density at radius 2 is 2.36 bits per heavy atom. The van der Waals surface area contributed by atoms with E-state index in [1.165, 1.54) is 0 Å². The van der Waals surface area contributed by atoms with Crippen LogP contribution in [0.3, 0.4) is 0 Å². The van der Waals surface area contributed by atoms with Crippen LogP contribution in [0.25, 0.3) is 0 Å². The van der Waals surface area contributed by atoms with E-state index < -0.39 is 0 Å². The van der Waals surface area contributed by atoms with E-state index in [2.05, 4.69) is 13.8 Å². The number of fused-ring (bicyclic) bond motifs is 1. The first kappa shape index (κ1) is 7.53. The molecule has 3 fully saturated rings. The first-order chi connectivity index (χ1) is 5.18. The third-order valence-corrected chi connectivity index (χ3v) is 3.35. The molecule has 3 aliphatic heterocycles. The van der Waals surface area contributed by atoms with Gasteiger partial charge in [-0.2, -0.15) is 0 Å². The molecule has 11 heavy (non-hydrogen) atoms. The Kier molecular flexibility index (Phi) is 1.35. The monoisotopic (exact) mass is 158 g/mol. The van der Waals surface area contributed by atoms with Gasteiger partial charge in [-0.05, 0) is 6.42 Å². The average molecular weight is 158 g/mol. The molecule has 3 heterocycles. The minimum absolute atomic E-state index is 0.0434. The highest BCUT2D eigenvalue weighted by molar-refractivity contribution is 5.11. The van der Waals surface area contributed by atoms with Crippen LogP contribution in [-0.4, -0.2) is 30.2 Å². The molecule has 3 saturated heterocycles. The summed E-state index contributed by atoms with van der Waals surface area (Å²) in [4.78, 5) is 0. The lowest BCUT2D eigenvalue weighted by atomic mass is 9.68. The molecule has 0 spiro atoms. The van der Waals surface area contributed by atoms with Crippen molar-refractivity contribution < 1.29 is 14.6 Å². The van der Waals surface area contributed by atoms with Gasteiger partial charge in [0.1, 0.15) is 5.60 Å². The Morgan fingerprint density at radius 1 is 1.64 bits per heavy atom. The minimum Gasteiger partial charge on any atom is -0.393 e. The standard InChI is InChI=1S/C8H14O3/c1-3-7(2)6-10-5-8(7,4-9)11-6/h6,9H,3-5H2,1-2H3. The number of ether oxygens (including phenoxy) is 2. The molecular formula is C8H14O3. The Morgan fingerprint density at radius 3 is 2.73 bits per heavy atom. The molecule has 0 radical (unpaired) electrons. The number of rotatable bonds is 2. The molecule has 3 aliphatic rings. The molecular weight excluding hydrogens is 144 g/mol. The maximum atomic E-state index is 9.12. The summed E-state index contributed by atoms with van der Waals surface area (Å²) >= 11 is 0. The van der Waals surface area contributed by atoms with Gasteiger partial charge in [0.25, 0.3) is 0 Å². The third kappa shape index (κ3) is 0.604. The van der Waals surface area contributed by atoms with Crippen LogP contribution >= 0.6 is 0 Å². The number of aliphatic hydroxyl groups is 1. The largest absolute Gasteiger partial charge is 0.393 e. The summed E-state index contributed by atoms with van der Waals surface area (Å²) in [7, 11) is 0. The van der Waals surface area contributed by atoms with Crippen LogP contribution in [0.2, 0.25) is 0 Å². The maximum Gasteiger partial charge on any atom is 0.166 e. The fraction of sp³-hybridized carbons (Fsp3) is 1.00. The molecule has 3 rings (SSSR count). The number of hydrogen-bond acceptors (Lipinski definition) is 3. The van der Waals surface area contributed by atoms with Crippen molar-refractivity contribution in [3.8, 4) is 0 Å². The second-order valence-corrected chi connectivity index (χ2v) is 3.68. The van der Waals surface area contributed by atoms with Crippen molar-refractivity contribution in [1.29, 1.82) is 0 Å². The normalized spacial score (nSPS) is 54.3. The molecule has 3 heteroatoms. The van der Waals surface area contributed by atoms with Gasteiger partial charge in [-0.25, -0.2) is 0 Å². The van der Waals surface area contributed by atoms with Crippen molar-refractivity contribution in [2.45, 2.75) is 32.2 Å². The van der Waals surface area contributed by atoms with Crippen LogP contribution in [-0.2, 0) is 9.47 Å². The Hall–Kier alpha value is -0.120. The molecule has 0 saturated carbocycles. The lowest BCUT2D eigenvalue weighted by Crippen LogP contribution is -2.64. The van der Waals surface area contributed by atoms with E-state index >= 15 is 0 Å². The van der Waals surface area contributed by atoms with Gasteiger partial charge in [0, 0.05) is 0 Å². The van der Waals surface area contributed by atoms with Crippen molar-refractivity contribution in [2.75, 3.05) is 13.2 Å². The molecule has 3 atom stereocenters. The van der Waals surface area contributed by atoms with E-state index in [9.17, 15) is 0 Å². The van der Waals surface area contributed by atoms with Crippen molar-refractivity contribution in [3.05, 3.63) is 0 Å². The maximum absolute atomic E-state index is 9.12. The zero-order valence-corrected chi connectivity index (χ0v) is 6.96. The molecule has 3 nitrogen and oxygen atoms in total. The van der Waals surface area contributed by atoms with Gasteiger partial charge in [0.05, 0.1) is 18.6 Å². The molecule has 1 N–H and O–H groups in total. The predicted molar refractivity (Wildman–Crippen MR) is 39.0 cm³/mol. The van der Waals surface area contributed by atoms with Gasteiger partial charge < -0.3 is 14.6 Å². The summed E-state index contributed by atoms with van der Waals surface area (Å²) in [5.41, 5.74) is -0.339. The molecule has 0 aromatic carbocycles. The molecule has 3 unspecified atom stereocenters. The van der Waals surface area contributed by atoms with Crippen molar-refractivity contribution in [1.82, 2.24) is 0 Å². The molecule has 0 aliphatic carbocycles. The summed E-state index contributed by atoms with van der Waals surface area (Å²) in [6, 6.07) is 0. The highest BCUT2D eigenvalue weighted by Crippen LogP contribution is 2.57. The van der Waals surface area contributed by atoms with E-state index in [1.807, 2.05) is 0 Å². The van der Waals surface area contributed by atoms with Crippen molar-refractivity contribution >= 4 is 0 Å². The zero-order valence-electron chi connectivity index (χ0n) is 6.96. The molecule has 64 valence electrons. The minimum atomic E-state index is -0.383. The number of aliphatic hydroxyl groups excluding tert-OH is 1. The Bertz CT molecular complexity index is 174. The van der Waals surface area contributed by atoms with Crippen LogP contribution in [0.5, 0.6) is 0 Å². The fourth-order valence-electron chi connectivity index (χ4n) is 2.01. The van der Waals surface area contributed by atoms with Crippen LogP contribution in [0, 0.1) is 5.41 Å². The first-order valence-corrected chi connectivity index (χ1v) is 4.09. The van der Waals surface area contributed by atoms with E-state index in [4.69, 9.17) is 14.6 Å². The average Bonchev–Trinajstić information content (AvgIpc) is 2.58. The Balaban J connectivity index is 2.25. The van der Waals surface area contributed by atoms with Crippen molar-refractivity contribution in [2.24, 2.45) is 5.41 Å². The summed E-state index contributed by atoms with van der Waals surface area (Å²) in [6.07, 6.45) is 0.928. The van der Waals surface area contributed by atoms with Crippen LogP contribution < -0.4 is 0 Å². The second-order valence-electron chi connectivity index (χ2n) is 3.68. The summed E-state index contributed by atoms with van der Waals surface area (Å²) in [5, 5.41) is 9.12. The molecule has 0 amide bonds. The van der Waals surface area contributed by atoms with Gasteiger partial charge in [-0.3, -0.25) is 0 Å². The van der Waals surface area contributed by atoms with Gasteiger partial charge >= 0.3 is 0 Å². The lowest BCUT2D eigenvalue weighted by molar-refractivity contribution is -0.311.